The molecule has 0 amide bonds. The van der Waals surface area contributed by atoms with E-state index in [1.54, 1.807) is 11.3 Å². The summed E-state index contributed by atoms with van der Waals surface area (Å²) in [6.45, 7) is 6.32. The lowest BCUT2D eigenvalue weighted by Crippen LogP contribution is -1.82. The van der Waals surface area contributed by atoms with Crippen molar-refractivity contribution in [2.24, 2.45) is 0 Å². The van der Waals surface area contributed by atoms with Gasteiger partial charge in [0.25, 0.3) is 0 Å². The highest BCUT2D eigenvalue weighted by Crippen LogP contribution is 2.37. The minimum Gasteiger partial charge on any atom is -0.390 e. The van der Waals surface area contributed by atoms with Gasteiger partial charge in [-0.15, -0.1) is 11.3 Å². The van der Waals surface area contributed by atoms with Crippen molar-refractivity contribution in [3.63, 3.8) is 0 Å². The maximum Gasteiger partial charge on any atom is 0.0895 e. The second-order valence-electron chi connectivity index (χ2n) is 3.91. The number of rotatable bonds is 1. The van der Waals surface area contributed by atoms with Gasteiger partial charge in [-0.1, -0.05) is 29.8 Å². The summed E-state index contributed by atoms with van der Waals surface area (Å²) >= 11 is 1.68. The van der Waals surface area contributed by atoms with Gasteiger partial charge in [-0.05, 0) is 37.5 Å². The Labute approximate surface area is 94.6 Å². The molecule has 0 aliphatic heterocycles. The van der Waals surface area contributed by atoms with Gasteiger partial charge in [0, 0.05) is 4.88 Å². The van der Waals surface area contributed by atoms with Gasteiger partial charge in [0.2, 0.25) is 0 Å². The highest BCUT2D eigenvalue weighted by Gasteiger charge is 2.10. The van der Waals surface area contributed by atoms with Crippen LogP contribution in [0.25, 0.3) is 10.4 Å². The molecule has 15 heavy (non-hydrogen) atoms. The third-order valence-electron chi connectivity index (χ3n) is 2.80. The standard InChI is InChI=1S/C13H15NS/c1-8-4-6-11(7-5-8)12-9(2)10(3)13(14)15-12/h4-7H,14H2,1-3H3. The van der Waals surface area contributed by atoms with Crippen LogP contribution < -0.4 is 5.73 Å². The van der Waals surface area contributed by atoms with Crippen LogP contribution in [0.15, 0.2) is 24.3 Å². The van der Waals surface area contributed by atoms with E-state index in [0.717, 1.165) is 5.00 Å². The van der Waals surface area contributed by atoms with Crippen LogP contribution in [0, 0.1) is 20.8 Å². The number of nitrogens with two attached hydrogens (primary N) is 1. The van der Waals surface area contributed by atoms with Crippen LogP contribution in [0.3, 0.4) is 0 Å². The van der Waals surface area contributed by atoms with E-state index in [2.05, 4.69) is 45.0 Å². The van der Waals surface area contributed by atoms with Crippen LogP contribution in [-0.4, -0.2) is 0 Å². The first kappa shape index (κ1) is 10.2. The molecule has 1 aromatic carbocycles. The zero-order valence-corrected chi connectivity index (χ0v) is 10.1. The van der Waals surface area contributed by atoms with Crippen LogP contribution in [0.2, 0.25) is 0 Å². The molecule has 0 spiro atoms. The van der Waals surface area contributed by atoms with Gasteiger partial charge < -0.3 is 5.73 Å². The zero-order valence-electron chi connectivity index (χ0n) is 9.29. The maximum absolute atomic E-state index is 5.93. The Morgan fingerprint density at radius 2 is 1.53 bits per heavy atom. The lowest BCUT2D eigenvalue weighted by atomic mass is 10.1. The SMILES string of the molecule is Cc1ccc(-c2sc(N)c(C)c2C)cc1. The summed E-state index contributed by atoms with van der Waals surface area (Å²) in [5, 5.41) is 0.933. The van der Waals surface area contributed by atoms with E-state index < -0.39 is 0 Å². The first-order valence-corrected chi connectivity index (χ1v) is 5.83. The molecule has 0 saturated heterocycles. The van der Waals surface area contributed by atoms with E-state index in [9.17, 15) is 0 Å². The van der Waals surface area contributed by atoms with Crippen molar-refractivity contribution in [1.29, 1.82) is 0 Å². The summed E-state index contributed by atoms with van der Waals surface area (Å²) in [5.41, 5.74) is 11.0. The number of anilines is 1. The quantitative estimate of drug-likeness (QED) is 0.769. The van der Waals surface area contributed by atoms with E-state index in [-0.39, 0.29) is 0 Å². The molecule has 0 fully saturated rings. The van der Waals surface area contributed by atoms with Crippen LogP contribution >= 0.6 is 11.3 Å². The minimum atomic E-state index is 0.933. The predicted molar refractivity (Wildman–Crippen MR) is 68.4 cm³/mol. The van der Waals surface area contributed by atoms with Gasteiger partial charge in [-0.25, -0.2) is 0 Å². The first-order valence-electron chi connectivity index (χ1n) is 5.02. The molecule has 2 heteroatoms. The average molecular weight is 217 g/mol. The molecule has 1 heterocycles. The fourth-order valence-corrected chi connectivity index (χ4v) is 2.68. The molecular formula is C13H15NS. The van der Waals surface area contributed by atoms with Crippen LogP contribution in [0.1, 0.15) is 16.7 Å². The molecule has 2 rings (SSSR count). The monoisotopic (exact) mass is 217 g/mol. The van der Waals surface area contributed by atoms with Crippen molar-refractivity contribution in [3.8, 4) is 10.4 Å². The summed E-state index contributed by atoms with van der Waals surface area (Å²) < 4.78 is 0. The zero-order chi connectivity index (χ0) is 11.0. The van der Waals surface area contributed by atoms with E-state index >= 15 is 0 Å². The summed E-state index contributed by atoms with van der Waals surface area (Å²) in [4.78, 5) is 1.30. The smallest absolute Gasteiger partial charge is 0.0895 e. The number of aryl methyl sites for hydroxylation is 1. The Bertz CT molecular complexity index is 480. The van der Waals surface area contributed by atoms with E-state index in [1.165, 1.54) is 27.1 Å². The van der Waals surface area contributed by atoms with Crippen LogP contribution in [0.4, 0.5) is 5.00 Å². The molecule has 1 aromatic heterocycles. The molecule has 0 atom stereocenters. The number of thiophene rings is 1. The lowest BCUT2D eigenvalue weighted by Gasteiger charge is -2.00. The largest absolute Gasteiger partial charge is 0.390 e. The second-order valence-corrected chi connectivity index (χ2v) is 4.96. The van der Waals surface area contributed by atoms with Gasteiger partial charge in [0.05, 0.1) is 5.00 Å². The lowest BCUT2D eigenvalue weighted by molar-refractivity contribution is 1.40. The summed E-state index contributed by atoms with van der Waals surface area (Å²) in [6, 6.07) is 8.60. The maximum atomic E-state index is 5.93. The van der Waals surface area contributed by atoms with Gasteiger partial charge >= 0.3 is 0 Å². The van der Waals surface area contributed by atoms with Crippen molar-refractivity contribution in [1.82, 2.24) is 0 Å². The Morgan fingerprint density at radius 3 is 2.00 bits per heavy atom. The van der Waals surface area contributed by atoms with Crippen molar-refractivity contribution in [3.05, 3.63) is 41.0 Å². The van der Waals surface area contributed by atoms with E-state index in [1.807, 2.05) is 0 Å². The number of hydrogen-bond donors (Lipinski definition) is 1. The van der Waals surface area contributed by atoms with E-state index in [4.69, 9.17) is 5.73 Å². The molecule has 0 unspecified atom stereocenters. The fourth-order valence-electron chi connectivity index (χ4n) is 1.60. The molecule has 0 saturated carbocycles. The topological polar surface area (TPSA) is 26.0 Å². The van der Waals surface area contributed by atoms with Gasteiger partial charge in [-0.2, -0.15) is 0 Å². The normalized spacial score (nSPS) is 10.6. The molecule has 0 aliphatic rings. The predicted octanol–water partition coefficient (Wildman–Crippen LogP) is 3.92. The molecule has 0 bridgehead atoms. The Hall–Kier alpha value is -1.28. The number of hydrogen-bond acceptors (Lipinski definition) is 2. The highest BCUT2D eigenvalue weighted by atomic mass is 32.1. The summed E-state index contributed by atoms with van der Waals surface area (Å²) in [7, 11) is 0. The third-order valence-corrected chi connectivity index (χ3v) is 4.07. The number of benzene rings is 1. The van der Waals surface area contributed by atoms with Gasteiger partial charge in [0.1, 0.15) is 0 Å². The van der Waals surface area contributed by atoms with Crippen molar-refractivity contribution in [2.45, 2.75) is 20.8 Å². The van der Waals surface area contributed by atoms with Gasteiger partial charge in [0.15, 0.2) is 0 Å². The van der Waals surface area contributed by atoms with Crippen molar-refractivity contribution >= 4 is 16.3 Å². The van der Waals surface area contributed by atoms with Crippen LogP contribution in [0.5, 0.6) is 0 Å². The molecule has 0 aliphatic carbocycles. The highest BCUT2D eigenvalue weighted by molar-refractivity contribution is 7.19. The van der Waals surface area contributed by atoms with Crippen LogP contribution in [-0.2, 0) is 0 Å². The second kappa shape index (κ2) is 3.70. The van der Waals surface area contributed by atoms with Crippen molar-refractivity contribution in [2.75, 3.05) is 5.73 Å². The minimum absolute atomic E-state index is 0.933. The molecule has 0 radical (unpaired) electrons. The Balaban J connectivity index is 2.54. The summed E-state index contributed by atoms with van der Waals surface area (Å²) in [6.07, 6.45) is 0. The van der Waals surface area contributed by atoms with Crippen molar-refractivity contribution < 1.29 is 0 Å². The Kier molecular flexibility index (Phi) is 2.53. The average Bonchev–Trinajstić information content (AvgIpc) is 2.47. The third kappa shape index (κ3) is 1.77. The first-order chi connectivity index (χ1) is 7.09. The molecule has 2 N–H and O–H groups in total. The molecule has 78 valence electrons. The number of nitrogen functional groups attached to an aromatic ring is 1. The summed E-state index contributed by atoms with van der Waals surface area (Å²) in [5.74, 6) is 0. The molecule has 2 aromatic rings. The molecular weight excluding hydrogens is 202 g/mol. The fraction of sp³-hybridized carbons (Fsp3) is 0.231. The van der Waals surface area contributed by atoms with Gasteiger partial charge in [-0.3, -0.25) is 0 Å². The van der Waals surface area contributed by atoms with E-state index in [0.29, 0.717) is 0 Å². The molecule has 1 nitrogen and oxygen atoms in total. The Morgan fingerprint density at radius 1 is 0.933 bits per heavy atom.